The third-order valence-corrected chi connectivity index (χ3v) is 3.13. The summed E-state index contributed by atoms with van der Waals surface area (Å²) in [6.45, 7) is -2.90. The van der Waals surface area contributed by atoms with Crippen LogP contribution in [0.5, 0.6) is 5.75 Å². The number of ketones is 1. The molecule has 0 aliphatic heterocycles. The summed E-state index contributed by atoms with van der Waals surface area (Å²) >= 11 is 3.33. The van der Waals surface area contributed by atoms with Crippen LogP contribution in [0.2, 0.25) is 0 Å². The van der Waals surface area contributed by atoms with Gasteiger partial charge in [-0.1, -0.05) is 40.2 Å². The zero-order valence-electron chi connectivity index (χ0n) is 10.4. The van der Waals surface area contributed by atoms with Crippen LogP contribution in [0.3, 0.4) is 0 Å². The Labute approximate surface area is 123 Å². The van der Waals surface area contributed by atoms with Gasteiger partial charge in [-0.15, -0.1) is 0 Å². The number of hydrogen-bond acceptors (Lipinski definition) is 2. The Morgan fingerprint density at radius 1 is 1.15 bits per heavy atom. The molecule has 0 atom stereocenters. The van der Waals surface area contributed by atoms with Crippen molar-refractivity contribution in [3.05, 3.63) is 64.1 Å². The summed E-state index contributed by atoms with van der Waals surface area (Å²) in [6, 6.07) is 13.2. The second-order valence-corrected chi connectivity index (χ2v) is 5.05. The molecule has 0 saturated carbocycles. The summed E-state index contributed by atoms with van der Waals surface area (Å²) < 4.78 is 29.4. The van der Waals surface area contributed by atoms with Gasteiger partial charge in [0.2, 0.25) is 0 Å². The number of benzene rings is 2. The predicted octanol–water partition coefficient (Wildman–Crippen LogP) is 4.48. The first-order valence-electron chi connectivity index (χ1n) is 5.87. The highest BCUT2D eigenvalue weighted by Gasteiger charge is 2.10. The number of alkyl halides is 2. The van der Waals surface area contributed by atoms with E-state index in [1.54, 1.807) is 6.07 Å². The van der Waals surface area contributed by atoms with Gasteiger partial charge in [-0.3, -0.25) is 4.79 Å². The van der Waals surface area contributed by atoms with Crippen molar-refractivity contribution in [2.24, 2.45) is 0 Å². The van der Waals surface area contributed by atoms with Crippen LogP contribution in [0.1, 0.15) is 15.9 Å². The standard InChI is InChI=1S/C15H11BrF2O2/c16-12-5-1-3-10(7-12)8-14(19)11-4-2-6-13(9-11)20-15(17)18/h1-7,9,15H,8H2. The summed E-state index contributed by atoms with van der Waals surface area (Å²) in [6.07, 6.45) is 0.206. The summed E-state index contributed by atoms with van der Waals surface area (Å²) in [7, 11) is 0. The van der Waals surface area contributed by atoms with Gasteiger partial charge in [-0.2, -0.15) is 8.78 Å². The minimum atomic E-state index is -2.90. The van der Waals surface area contributed by atoms with Crippen molar-refractivity contribution in [3.63, 3.8) is 0 Å². The van der Waals surface area contributed by atoms with Crippen LogP contribution >= 0.6 is 15.9 Å². The molecule has 2 aromatic rings. The molecular weight excluding hydrogens is 330 g/mol. The minimum absolute atomic E-state index is 0.0138. The second kappa shape index (κ2) is 6.61. The van der Waals surface area contributed by atoms with E-state index >= 15 is 0 Å². The van der Waals surface area contributed by atoms with Gasteiger partial charge in [0, 0.05) is 16.5 Å². The largest absolute Gasteiger partial charge is 0.435 e. The predicted molar refractivity (Wildman–Crippen MR) is 75.3 cm³/mol. The first-order valence-corrected chi connectivity index (χ1v) is 6.66. The van der Waals surface area contributed by atoms with Crippen molar-refractivity contribution in [1.29, 1.82) is 0 Å². The molecule has 0 fully saturated rings. The quantitative estimate of drug-likeness (QED) is 0.750. The minimum Gasteiger partial charge on any atom is -0.435 e. The molecular formula is C15H11BrF2O2. The van der Waals surface area contributed by atoms with E-state index in [9.17, 15) is 13.6 Å². The smallest absolute Gasteiger partial charge is 0.387 e. The molecule has 20 heavy (non-hydrogen) atoms. The van der Waals surface area contributed by atoms with Gasteiger partial charge in [0.1, 0.15) is 5.75 Å². The van der Waals surface area contributed by atoms with E-state index in [-0.39, 0.29) is 18.0 Å². The maximum Gasteiger partial charge on any atom is 0.387 e. The van der Waals surface area contributed by atoms with Crippen LogP contribution in [0, 0.1) is 0 Å². The van der Waals surface area contributed by atoms with Gasteiger partial charge >= 0.3 is 6.61 Å². The summed E-state index contributed by atoms with van der Waals surface area (Å²) in [5, 5.41) is 0. The van der Waals surface area contributed by atoms with Crippen molar-refractivity contribution in [3.8, 4) is 5.75 Å². The van der Waals surface area contributed by atoms with E-state index in [1.165, 1.54) is 18.2 Å². The number of ether oxygens (including phenoxy) is 1. The normalized spacial score (nSPS) is 10.6. The molecule has 0 aliphatic carbocycles. The maximum atomic E-state index is 12.1. The highest BCUT2D eigenvalue weighted by Crippen LogP contribution is 2.18. The zero-order valence-corrected chi connectivity index (χ0v) is 11.9. The van der Waals surface area contributed by atoms with Gasteiger partial charge in [0.05, 0.1) is 0 Å². The number of hydrogen-bond donors (Lipinski definition) is 0. The third kappa shape index (κ3) is 4.13. The molecule has 2 nitrogen and oxygen atoms in total. The average molecular weight is 341 g/mol. The molecule has 5 heteroatoms. The lowest BCUT2D eigenvalue weighted by molar-refractivity contribution is -0.0498. The van der Waals surface area contributed by atoms with Gasteiger partial charge < -0.3 is 4.74 Å². The molecule has 0 heterocycles. The number of carbonyl (C=O) groups is 1. The van der Waals surface area contributed by atoms with E-state index in [0.717, 1.165) is 10.0 Å². The Bertz CT molecular complexity index is 614. The number of rotatable bonds is 5. The third-order valence-electron chi connectivity index (χ3n) is 2.63. The Hall–Kier alpha value is -1.75. The van der Waals surface area contributed by atoms with Crippen molar-refractivity contribution < 1.29 is 18.3 Å². The van der Waals surface area contributed by atoms with Crippen molar-refractivity contribution in [2.45, 2.75) is 13.0 Å². The van der Waals surface area contributed by atoms with Gasteiger partial charge in [-0.25, -0.2) is 0 Å². The summed E-state index contributed by atoms with van der Waals surface area (Å²) in [5.74, 6) is -0.164. The molecule has 0 N–H and O–H groups in total. The number of halogens is 3. The molecule has 0 bridgehead atoms. The van der Waals surface area contributed by atoms with Crippen LogP contribution in [0.15, 0.2) is 53.0 Å². The lowest BCUT2D eigenvalue weighted by Gasteiger charge is -2.06. The maximum absolute atomic E-state index is 12.1. The first-order chi connectivity index (χ1) is 9.54. The van der Waals surface area contributed by atoms with Crippen molar-refractivity contribution >= 4 is 21.7 Å². The molecule has 0 spiro atoms. The van der Waals surface area contributed by atoms with Crippen LogP contribution in [-0.4, -0.2) is 12.4 Å². The molecule has 0 unspecified atom stereocenters. The topological polar surface area (TPSA) is 26.3 Å². The summed E-state index contributed by atoms with van der Waals surface area (Å²) in [4.78, 5) is 12.1. The molecule has 104 valence electrons. The highest BCUT2D eigenvalue weighted by atomic mass is 79.9. The zero-order chi connectivity index (χ0) is 14.5. The lowest BCUT2D eigenvalue weighted by Crippen LogP contribution is -2.06. The fourth-order valence-electron chi connectivity index (χ4n) is 1.78. The van der Waals surface area contributed by atoms with Crippen molar-refractivity contribution in [2.75, 3.05) is 0 Å². The fraction of sp³-hybridized carbons (Fsp3) is 0.133. The first kappa shape index (κ1) is 14.7. The SMILES string of the molecule is O=C(Cc1cccc(Br)c1)c1cccc(OC(F)F)c1. The monoisotopic (exact) mass is 340 g/mol. The Kier molecular flexibility index (Phi) is 4.84. The number of Topliss-reactive ketones (excluding diaryl/α,β-unsaturated/α-hetero) is 1. The molecule has 0 saturated heterocycles. The van der Waals surface area contributed by atoms with Crippen molar-refractivity contribution in [1.82, 2.24) is 0 Å². The molecule has 0 aromatic heterocycles. The number of carbonyl (C=O) groups excluding carboxylic acids is 1. The van der Waals surface area contributed by atoms with E-state index in [0.29, 0.717) is 5.56 Å². The Morgan fingerprint density at radius 3 is 2.60 bits per heavy atom. The molecule has 2 aromatic carbocycles. The molecule has 0 amide bonds. The van der Waals surface area contributed by atoms with E-state index < -0.39 is 6.61 Å². The lowest BCUT2D eigenvalue weighted by atomic mass is 10.0. The second-order valence-electron chi connectivity index (χ2n) is 4.14. The molecule has 0 radical (unpaired) electrons. The van der Waals surface area contributed by atoms with E-state index in [1.807, 2.05) is 24.3 Å². The Morgan fingerprint density at radius 2 is 1.90 bits per heavy atom. The van der Waals surface area contributed by atoms with Crippen LogP contribution in [0.25, 0.3) is 0 Å². The molecule has 2 rings (SSSR count). The van der Waals surface area contributed by atoms with E-state index in [2.05, 4.69) is 20.7 Å². The van der Waals surface area contributed by atoms with Crippen LogP contribution < -0.4 is 4.74 Å². The Balaban J connectivity index is 2.13. The van der Waals surface area contributed by atoms with Crippen LogP contribution in [-0.2, 0) is 6.42 Å². The molecule has 0 aliphatic rings. The fourth-order valence-corrected chi connectivity index (χ4v) is 2.23. The average Bonchev–Trinajstić information content (AvgIpc) is 2.38. The van der Waals surface area contributed by atoms with Gasteiger partial charge in [0.25, 0.3) is 0 Å². The van der Waals surface area contributed by atoms with Crippen LogP contribution in [0.4, 0.5) is 8.78 Å². The van der Waals surface area contributed by atoms with Gasteiger partial charge in [0.15, 0.2) is 5.78 Å². The summed E-state index contributed by atoms with van der Waals surface area (Å²) in [5.41, 5.74) is 1.20. The van der Waals surface area contributed by atoms with E-state index in [4.69, 9.17) is 0 Å². The highest BCUT2D eigenvalue weighted by molar-refractivity contribution is 9.10. The van der Waals surface area contributed by atoms with Gasteiger partial charge in [-0.05, 0) is 29.8 Å².